The van der Waals surface area contributed by atoms with Crippen LogP contribution in [0.15, 0.2) is 18.5 Å². The van der Waals surface area contributed by atoms with Crippen LogP contribution >= 0.6 is 0 Å². The molecule has 18 heavy (non-hydrogen) atoms. The molecule has 1 aromatic heterocycles. The van der Waals surface area contributed by atoms with Crippen molar-refractivity contribution in [3.05, 3.63) is 18.5 Å². The first-order valence-electron chi connectivity index (χ1n) is 6.79. The van der Waals surface area contributed by atoms with Gasteiger partial charge in [-0.2, -0.15) is 0 Å². The van der Waals surface area contributed by atoms with Gasteiger partial charge in [0, 0.05) is 51.2 Å². The second kappa shape index (κ2) is 6.66. The topological polar surface area (TPSA) is 58.3 Å². The lowest BCUT2D eigenvalue weighted by Crippen LogP contribution is -2.50. The third kappa shape index (κ3) is 3.65. The van der Waals surface area contributed by atoms with Crippen LogP contribution in [0.1, 0.15) is 19.8 Å². The number of nitrogens with two attached hydrogens (primary N) is 1. The predicted octanol–water partition coefficient (Wildman–Crippen LogP) is 0.726. The molecule has 0 aliphatic carbocycles. The van der Waals surface area contributed by atoms with Gasteiger partial charge in [0.25, 0.3) is 0 Å². The first-order chi connectivity index (χ1) is 8.79. The van der Waals surface area contributed by atoms with E-state index in [1.807, 2.05) is 6.07 Å². The third-order valence-corrected chi connectivity index (χ3v) is 3.36. The Bertz CT molecular complexity index is 334. The van der Waals surface area contributed by atoms with Crippen LogP contribution < -0.4 is 10.6 Å². The first-order valence-corrected chi connectivity index (χ1v) is 6.79. The fourth-order valence-corrected chi connectivity index (χ4v) is 2.38. The highest BCUT2D eigenvalue weighted by molar-refractivity contribution is 5.29. The summed E-state index contributed by atoms with van der Waals surface area (Å²) in [5.74, 6) is 0.843. The summed E-state index contributed by atoms with van der Waals surface area (Å²) in [6.45, 7) is 7.28. The standard InChI is InChI=1S/C13H23N5/c1-2-4-12(14)11-17-7-9-18(10-8-17)13-15-5-3-6-16-13/h3,5-6,12H,2,4,7-11,14H2,1H3. The lowest BCUT2D eigenvalue weighted by atomic mass is 10.1. The minimum atomic E-state index is 0.314. The van der Waals surface area contributed by atoms with Crippen molar-refractivity contribution in [3.63, 3.8) is 0 Å². The van der Waals surface area contributed by atoms with E-state index in [0.717, 1.165) is 45.1 Å². The molecule has 1 unspecified atom stereocenters. The van der Waals surface area contributed by atoms with E-state index in [0.29, 0.717) is 6.04 Å². The van der Waals surface area contributed by atoms with Crippen LogP contribution in [0.5, 0.6) is 0 Å². The number of rotatable bonds is 5. The maximum Gasteiger partial charge on any atom is 0.225 e. The molecule has 2 heterocycles. The van der Waals surface area contributed by atoms with Crippen LogP contribution in [0, 0.1) is 0 Å². The molecular formula is C13H23N5. The number of hydrogen-bond acceptors (Lipinski definition) is 5. The molecule has 1 aliphatic heterocycles. The van der Waals surface area contributed by atoms with Crippen LogP contribution in [0.25, 0.3) is 0 Å². The van der Waals surface area contributed by atoms with Crippen molar-refractivity contribution >= 4 is 5.95 Å². The highest BCUT2D eigenvalue weighted by Gasteiger charge is 2.19. The Balaban J connectivity index is 1.78. The maximum absolute atomic E-state index is 6.08. The number of aromatic nitrogens is 2. The van der Waals surface area contributed by atoms with Crippen molar-refractivity contribution in [2.75, 3.05) is 37.6 Å². The molecule has 0 amide bonds. The predicted molar refractivity (Wildman–Crippen MR) is 73.6 cm³/mol. The van der Waals surface area contributed by atoms with Crippen LogP contribution in [0.3, 0.4) is 0 Å². The van der Waals surface area contributed by atoms with Crippen molar-refractivity contribution in [2.45, 2.75) is 25.8 Å². The number of hydrogen-bond donors (Lipinski definition) is 1. The number of nitrogens with zero attached hydrogens (tertiary/aromatic N) is 4. The zero-order valence-corrected chi connectivity index (χ0v) is 11.1. The van der Waals surface area contributed by atoms with Gasteiger partial charge in [-0.25, -0.2) is 9.97 Å². The minimum Gasteiger partial charge on any atom is -0.338 e. The Hall–Kier alpha value is -1.20. The average molecular weight is 249 g/mol. The minimum absolute atomic E-state index is 0.314. The molecule has 1 saturated heterocycles. The molecule has 100 valence electrons. The fourth-order valence-electron chi connectivity index (χ4n) is 2.38. The van der Waals surface area contributed by atoms with E-state index in [2.05, 4.69) is 26.7 Å². The summed E-state index contributed by atoms with van der Waals surface area (Å²) in [6.07, 6.45) is 5.87. The molecule has 1 fully saturated rings. The summed E-state index contributed by atoms with van der Waals surface area (Å²) < 4.78 is 0. The van der Waals surface area contributed by atoms with Crippen molar-refractivity contribution in [1.82, 2.24) is 14.9 Å². The molecule has 2 rings (SSSR count). The van der Waals surface area contributed by atoms with Gasteiger partial charge in [0.15, 0.2) is 0 Å². The zero-order valence-electron chi connectivity index (χ0n) is 11.1. The van der Waals surface area contributed by atoms with Gasteiger partial charge in [-0.3, -0.25) is 4.90 Å². The van der Waals surface area contributed by atoms with Crippen molar-refractivity contribution in [3.8, 4) is 0 Å². The van der Waals surface area contributed by atoms with Crippen LogP contribution in [-0.4, -0.2) is 53.6 Å². The Labute approximate surface area is 109 Å². The first kappa shape index (κ1) is 13.2. The zero-order chi connectivity index (χ0) is 12.8. The third-order valence-electron chi connectivity index (χ3n) is 3.36. The summed E-state index contributed by atoms with van der Waals surface area (Å²) in [6, 6.07) is 2.17. The molecule has 1 aromatic rings. The Kier molecular flexibility index (Phi) is 4.90. The van der Waals surface area contributed by atoms with Gasteiger partial charge in [0.1, 0.15) is 0 Å². The summed E-state index contributed by atoms with van der Waals surface area (Å²) in [7, 11) is 0. The maximum atomic E-state index is 6.08. The van der Waals surface area contributed by atoms with Crippen LogP contribution in [0.4, 0.5) is 5.95 Å². The lowest BCUT2D eigenvalue weighted by Gasteiger charge is -2.35. The lowest BCUT2D eigenvalue weighted by molar-refractivity contribution is 0.237. The van der Waals surface area contributed by atoms with Gasteiger partial charge >= 0.3 is 0 Å². The number of piperazine rings is 1. The van der Waals surface area contributed by atoms with Gasteiger partial charge in [-0.1, -0.05) is 13.3 Å². The van der Waals surface area contributed by atoms with Gasteiger partial charge < -0.3 is 10.6 Å². The van der Waals surface area contributed by atoms with Crippen LogP contribution in [0.2, 0.25) is 0 Å². The Morgan fingerprint density at radius 2 is 1.89 bits per heavy atom. The van der Waals surface area contributed by atoms with E-state index in [9.17, 15) is 0 Å². The SMILES string of the molecule is CCCC(N)CN1CCN(c2ncccn2)CC1. The summed E-state index contributed by atoms with van der Waals surface area (Å²) in [5, 5.41) is 0. The number of anilines is 1. The largest absolute Gasteiger partial charge is 0.338 e. The molecule has 0 spiro atoms. The summed E-state index contributed by atoms with van der Waals surface area (Å²) in [5.41, 5.74) is 6.08. The van der Waals surface area contributed by atoms with Crippen molar-refractivity contribution in [2.24, 2.45) is 5.73 Å². The normalized spacial score (nSPS) is 18.9. The molecule has 2 N–H and O–H groups in total. The van der Waals surface area contributed by atoms with Gasteiger partial charge in [-0.15, -0.1) is 0 Å². The Morgan fingerprint density at radius 1 is 1.22 bits per heavy atom. The quantitative estimate of drug-likeness (QED) is 0.833. The molecule has 0 bridgehead atoms. The van der Waals surface area contributed by atoms with Crippen LogP contribution in [-0.2, 0) is 0 Å². The highest BCUT2D eigenvalue weighted by Crippen LogP contribution is 2.10. The van der Waals surface area contributed by atoms with E-state index < -0.39 is 0 Å². The second-order valence-corrected chi connectivity index (χ2v) is 4.89. The molecular weight excluding hydrogens is 226 g/mol. The highest BCUT2D eigenvalue weighted by atomic mass is 15.3. The Morgan fingerprint density at radius 3 is 2.50 bits per heavy atom. The van der Waals surface area contributed by atoms with E-state index >= 15 is 0 Å². The van der Waals surface area contributed by atoms with E-state index in [1.165, 1.54) is 6.42 Å². The molecule has 0 radical (unpaired) electrons. The van der Waals surface area contributed by atoms with E-state index in [-0.39, 0.29) is 0 Å². The van der Waals surface area contributed by atoms with Crippen molar-refractivity contribution in [1.29, 1.82) is 0 Å². The van der Waals surface area contributed by atoms with Gasteiger partial charge in [0.05, 0.1) is 0 Å². The molecule has 5 heteroatoms. The molecule has 5 nitrogen and oxygen atoms in total. The second-order valence-electron chi connectivity index (χ2n) is 4.89. The molecule has 1 atom stereocenters. The van der Waals surface area contributed by atoms with E-state index in [4.69, 9.17) is 5.73 Å². The summed E-state index contributed by atoms with van der Waals surface area (Å²) in [4.78, 5) is 13.3. The van der Waals surface area contributed by atoms with E-state index in [1.54, 1.807) is 12.4 Å². The molecule has 0 aromatic carbocycles. The van der Waals surface area contributed by atoms with Gasteiger partial charge in [0.2, 0.25) is 5.95 Å². The average Bonchev–Trinajstić information content (AvgIpc) is 2.41. The fraction of sp³-hybridized carbons (Fsp3) is 0.692. The molecule has 1 aliphatic rings. The van der Waals surface area contributed by atoms with Gasteiger partial charge in [-0.05, 0) is 12.5 Å². The monoisotopic (exact) mass is 249 g/mol. The van der Waals surface area contributed by atoms with Crippen molar-refractivity contribution < 1.29 is 0 Å². The smallest absolute Gasteiger partial charge is 0.225 e. The molecule has 0 saturated carbocycles. The summed E-state index contributed by atoms with van der Waals surface area (Å²) >= 11 is 0.